The SMILES string of the molecule is CNc1c(N=Cc2ccc([N+](=O)[O-])cc2[N+](=O)[O-])c(=O)n(C)c(=O)n1C. The summed E-state index contributed by atoms with van der Waals surface area (Å²) in [5.74, 6) is 0.124. The molecule has 0 bridgehead atoms. The monoisotopic (exact) mass is 362 g/mol. The molecule has 12 nitrogen and oxygen atoms in total. The molecule has 2 aromatic rings. The second-order valence-corrected chi connectivity index (χ2v) is 5.17. The molecule has 0 amide bonds. The summed E-state index contributed by atoms with van der Waals surface area (Å²) in [6.45, 7) is 0. The second-order valence-electron chi connectivity index (χ2n) is 5.17. The third kappa shape index (κ3) is 3.19. The van der Waals surface area contributed by atoms with E-state index in [4.69, 9.17) is 0 Å². The van der Waals surface area contributed by atoms with Gasteiger partial charge in [-0.05, 0) is 6.07 Å². The van der Waals surface area contributed by atoms with Crippen LogP contribution in [0.2, 0.25) is 0 Å². The topological polar surface area (TPSA) is 155 Å². The van der Waals surface area contributed by atoms with Crippen LogP contribution in [0.4, 0.5) is 22.9 Å². The van der Waals surface area contributed by atoms with Gasteiger partial charge in [-0.1, -0.05) is 0 Å². The second kappa shape index (κ2) is 6.96. The van der Waals surface area contributed by atoms with E-state index in [1.165, 1.54) is 25.7 Å². The minimum absolute atomic E-state index is 0.0291. The molecule has 26 heavy (non-hydrogen) atoms. The minimum atomic E-state index is -0.786. The largest absolute Gasteiger partial charge is 0.372 e. The van der Waals surface area contributed by atoms with E-state index in [2.05, 4.69) is 10.3 Å². The van der Waals surface area contributed by atoms with E-state index >= 15 is 0 Å². The van der Waals surface area contributed by atoms with E-state index in [1.54, 1.807) is 0 Å². The Morgan fingerprint density at radius 2 is 1.77 bits per heavy atom. The van der Waals surface area contributed by atoms with Crippen LogP contribution >= 0.6 is 0 Å². The number of benzene rings is 1. The zero-order valence-corrected chi connectivity index (χ0v) is 14.0. The van der Waals surface area contributed by atoms with E-state index in [1.807, 2.05) is 0 Å². The third-order valence-corrected chi connectivity index (χ3v) is 3.63. The molecular weight excluding hydrogens is 348 g/mol. The first-order valence-electron chi connectivity index (χ1n) is 7.13. The van der Waals surface area contributed by atoms with Crippen molar-refractivity contribution >= 4 is 29.1 Å². The van der Waals surface area contributed by atoms with Gasteiger partial charge >= 0.3 is 5.69 Å². The number of hydrogen-bond acceptors (Lipinski definition) is 8. The van der Waals surface area contributed by atoms with Gasteiger partial charge in [-0.25, -0.2) is 9.79 Å². The van der Waals surface area contributed by atoms with Crippen molar-refractivity contribution < 1.29 is 9.85 Å². The van der Waals surface area contributed by atoms with Gasteiger partial charge in [0.1, 0.15) is 5.82 Å². The van der Waals surface area contributed by atoms with E-state index in [9.17, 15) is 29.8 Å². The lowest BCUT2D eigenvalue weighted by Gasteiger charge is -2.11. The molecule has 1 aromatic carbocycles. The molecule has 12 heteroatoms. The van der Waals surface area contributed by atoms with Crippen LogP contribution in [0.5, 0.6) is 0 Å². The lowest BCUT2D eigenvalue weighted by Crippen LogP contribution is -2.37. The molecule has 0 unspecified atom stereocenters. The molecule has 0 fully saturated rings. The Kier molecular flexibility index (Phi) is 4.96. The third-order valence-electron chi connectivity index (χ3n) is 3.63. The molecule has 136 valence electrons. The summed E-state index contributed by atoms with van der Waals surface area (Å²) in [6, 6.07) is 3.05. The molecule has 0 saturated heterocycles. The van der Waals surface area contributed by atoms with Gasteiger partial charge in [-0.15, -0.1) is 0 Å². The van der Waals surface area contributed by atoms with Crippen LogP contribution in [0.25, 0.3) is 0 Å². The fourth-order valence-electron chi connectivity index (χ4n) is 2.28. The van der Waals surface area contributed by atoms with Gasteiger partial charge in [-0.2, -0.15) is 0 Å². The number of anilines is 1. The summed E-state index contributed by atoms with van der Waals surface area (Å²) in [7, 11) is 4.19. The number of non-ortho nitro benzene ring substituents is 1. The molecule has 0 spiro atoms. The molecular formula is C14H14N6O6. The maximum Gasteiger partial charge on any atom is 0.332 e. The van der Waals surface area contributed by atoms with Crippen molar-refractivity contribution in [2.45, 2.75) is 0 Å². The molecule has 1 N–H and O–H groups in total. The average Bonchev–Trinajstić information content (AvgIpc) is 2.61. The van der Waals surface area contributed by atoms with Crippen molar-refractivity contribution in [3.8, 4) is 0 Å². The number of nitrogens with one attached hydrogen (secondary N) is 1. The van der Waals surface area contributed by atoms with Gasteiger partial charge in [0, 0.05) is 33.4 Å². The highest BCUT2D eigenvalue weighted by atomic mass is 16.6. The average molecular weight is 362 g/mol. The van der Waals surface area contributed by atoms with Crippen LogP contribution < -0.4 is 16.6 Å². The van der Waals surface area contributed by atoms with Gasteiger partial charge in [-0.3, -0.25) is 34.2 Å². The Balaban J connectivity index is 2.65. The molecule has 0 atom stereocenters. The Bertz CT molecular complexity index is 1050. The number of aromatic nitrogens is 2. The van der Waals surface area contributed by atoms with Crippen molar-refractivity contribution in [1.29, 1.82) is 0 Å². The van der Waals surface area contributed by atoms with E-state index in [-0.39, 0.29) is 17.1 Å². The Morgan fingerprint density at radius 3 is 2.31 bits per heavy atom. The van der Waals surface area contributed by atoms with Gasteiger partial charge in [0.2, 0.25) is 0 Å². The number of rotatable bonds is 5. The molecule has 1 aromatic heterocycles. The maximum atomic E-state index is 12.3. The smallest absolute Gasteiger partial charge is 0.332 e. The lowest BCUT2D eigenvalue weighted by atomic mass is 10.2. The summed E-state index contributed by atoms with van der Waals surface area (Å²) in [5.41, 5.74) is -2.40. The Morgan fingerprint density at radius 1 is 1.12 bits per heavy atom. The molecule has 0 radical (unpaired) electrons. The van der Waals surface area contributed by atoms with Gasteiger partial charge in [0.15, 0.2) is 5.69 Å². The van der Waals surface area contributed by atoms with Crippen molar-refractivity contribution in [2.75, 3.05) is 12.4 Å². The van der Waals surface area contributed by atoms with Crippen LogP contribution in [-0.4, -0.2) is 32.2 Å². The van der Waals surface area contributed by atoms with Gasteiger partial charge in [0.25, 0.3) is 16.9 Å². The molecule has 0 aliphatic carbocycles. The fraction of sp³-hybridized carbons (Fsp3) is 0.214. The normalized spacial score (nSPS) is 10.9. The molecule has 0 saturated carbocycles. The van der Waals surface area contributed by atoms with E-state index in [0.717, 1.165) is 29.0 Å². The lowest BCUT2D eigenvalue weighted by molar-refractivity contribution is -0.394. The predicted octanol–water partition coefficient (Wildman–Crippen LogP) is 0.693. The Labute approximate surface area is 145 Å². The maximum absolute atomic E-state index is 12.3. The fourth-order valence-corrected chi connectivity index (χ4v) is 2.28. The Hall–Kier alpha value is -3.83. The summed E-state index contributed by atoms with van der Waals surface area (Å²) in [4.78, 5) is 48.5. The van der Waals surface area contributed by atoms with Crippen LogP contribution in [0.15, 0.2) is 32.8 Å². The first-order valence-corrected chi connectivity index (χ1v) is 7.13. The number of aliphatic imine (C=N–C) groups is 1. The summed E-state index contributed by atoms with van der Waals surface area (Å²) >= 11 is 0. The first kappa shape index (κ1) is 18.5. The number of nitrogens with zero attached hydrogens (tertiary/aromatic N) is 5. The first-order chi connectivity index (χ1) is 12.2. The van der Waals surface area contributed by atoms with Crippen LogP contribution in [0.3, 0.4) is 0 Å². The van der Waals surface area contributed by atoms with Gasteiger partial charge < -0.3 is 5.32 Å². The van der Waals surface area contributed by atoms with Crippen LogP contribution in [-0.2, 0) is 14.1 Å². The van der Waals surface area contributed by atoms with Crippen LogP contribution in [0.1, 0.15) is 5.56 Å². The predicted molar refractivity (Wildman–Crippen MR) is 93.5 cm³/mol. The number of hydrogen-bond donors (Lipinski definition) is 1. The number of nitro benzene ring substituents is 2. The summed E-state index contributed by atoms with van der Waals surface area (Å²) < 4.78 is 2.01. The van der Waals surface area contributed by atoms with E-state index in [0.29, 0.717) is 0 Å². The van der Waals surface area contributed by atoms with Crippen molar-refractivity contribution in [2.24, 2.45) is 19.1 Å². The zero-order valence-electron chi connectivity index (χ0n) is 14.0. The minimum Gasteiger partial charge on any atom is -0.372 e. The standard InChI is InChI=1S/C14H14N6O6/c1-15-12-11(13(21)18(3)14(22)17(12)2)16-7-8-4-5-9(19(23)24)6-10(8)20(25)26/h4-7,15H,1-3H3. The van der Waals surface area contributed by atoms with E-state index < -0.39 is 32.5 Å². The quantitative estimate of drug-likeness (QED) is 0.466. The highest BCUT2D eigenvalue weighted by Gasteiger charge is 2.19. The zero-order chi connectivity index (χ0) is 19.6. The highest BCUT2D eigenvalue weighted by molar-refractivity contribution is 5.88. The van der Waals surface area contributed by atoms with Crippen molar-refractivity contribution in [3.05, 3.63) is 64.8 Å². The highest BCUT2D eigenvalue weighted by Crippen LogP contribution is 2.24. The summed E-state index contributed by atoms with van der Waals surface area (Å²) in [5, 5.41) is 24.6. The number of nitro groups is 2. The van der Waals surface area contributed by atoms with Gasteiger partial charge in [0.05, 0.1) is 21.5 Å². The molecule has 0 aliphatic rings. The molecule has 1 heterocycles. The van der Waals surface area contributed by atoms with Crippen LogP contribution in [0, 0.1) is 20.2 Å². The molecule has 2 rings (SSSR count). The van der Waals surface area contributed by atoms with Crippen molar-refractivity contribution in [1.82, 2.24) is 9.13 Å². The summed E-state index contributed by atoms with van der Waals surface area (Å²) in [6.07, 6.45) is 1.05. The molecule has 0 aliphatic heterocycles. The van der Waals surface area contributed by atoms with Crippen molar-refractivity contribution in [3.63, 3.8) is 0 Å².